The van der Waals surface area contributed by atoms with Crippen LogP contribution in [0, 0.1) is 0 Å². The summed E-state index contributed by atoms with van der Waals surface area (Å²) in [6.45, 7) is 0.304. The molecular weight excluding hydrogens is 244 g/mol. The van der Waals surface area contributed by atoms with Crippen molar-refractivity contribution in [2.75, 3.05) is 0 Å². The molecule has 0 atom stereocenters. The van der Waals surface area contributed by atoms with Crippen LogP contribution in [0.3, 0.4) is 0 Å². The molecule has 0 saturated heterocycles. The van der Waals surface area contributed by atoms with Gasteiger partial charge in [0.05, 0.1) is 5.56 Å². The molecule has 1 heterocycles. The zero-order chi connectivity index (χ0) is 13.7. The Hall–Kier alpha value is -1.98. The number of aliphatic imine (C=N–C) groups is 1. The maximum atomic E-state index is 10.9. The zero-order valence-electron chi connectivity index (χ0n) is 10.9. The summed E-state index contributed by atoms with van der Waals surface area (Å²) >= 11 is 0. The van der Waals surface area contributed by atoms with Gasteiger partial charge in [0.25, 0.3) is 5.91 Å². The van der Waals surface area contributed by atoms with E-state index in [9.17, 15) is 4.79 Å². The van der Waals surface area contributed by atoms with E-state index < -0.39 is 5.91 Å². The van der Waals surface area contributed by atoms with Gasteiger partial charge in [-0.25, -0.2) is 4.99 Å². The molecule has 0 unspecified atom stereocenters. The second-order valence-electron chi connectivity index (χ2n) is 4.85. The van der Waals surface area contributed by atoms with E-state index in [-0.39, 0.29) is 0 Å². The van der Waals surface area contributed by atoms with Crippen molar-refractivity contribution in [1.82, 2.24) is 5.32 Å². The average Bonchev–Trinajstić information content (AvgIpc) is 2.86. The second-order valence-corrected chi connectivity index (χ2v) is 4.85. The summed E-state index contributed by atoms with van der Waals surface area (Å²) in [5, 5.41) is 3.21. The van der Waals surface area contributed by atoms with Gasteiger partial charge in [-0.1, -0.05) is 19.3 Å². The number of amides is 1. The van der Waals surface area contributed by atoms with E-state index in [0.717, 1.165) is 12.8 Å². The summed E-state index contributed by atoms with van der Waals surface area (Å²) in [4.78, 5) is 15.1. The van der Waals surface area contributed by atoms with Crippen LogP contribution in [0.4, 0.5) is 0 Å². The van der Waals surface area contributed by atoms with Crippen molar-refractivity contribution in [3.05, 3.63) is 23.7 Å². The van der Waals surface area contributed by atoms with Gasteiger partial charge in [-0.2, -0.15) is 0 Å². The highest BCUT2D eigenvalue weighted by Gasteiger charge is 2.13. The smallest absolute Gasteiger partial charge is 0.251 e. The lowest BCUT2D eigenvalue weighted by Crippen LogP contribution is -2.41. The highest BCUT2D eigenvalue weighted by atomic mass is 16.3. The highest BCUT2D eigenvalue weighted by Crippen LogP contribution is 2.17. The minimum Gasteiger partial charge on any atom is -0.467 e. The van der Waals surface area contributed by atoms with Crippen LogP contribution >= 0.6 is 0 Å². The number of hydrogen-bond acceptors (Lipinski definition) is 3. The molecule has 0 aromatic carbocycles. The molecule has 1 saturated carbocycles. The Kier molecular flexibility index (Phi) is 4.43. The highest BCUT2D eigenvalue weighted by molar-refractivity contribution is 5.92. The van der Waals surface area contributed by atoms with Gasteiger partial charge >= 0.3 is 0 Å². The van der Waals surface area contributed by atoms with E-state index in [4.69, 9.17) is 15.9 Å². The summed E-state index contributed by atoms with van der Waals surface area (Å²) in [6, 6.07) is 2.01. The Bertz CT molecular complexity index is 461. The number of guanidine groups is 1. The molecule has 1 aromatic heterocycles. The summed E-state index contributed by atoms with van der Waals surface area (Å²) in [5.41, 5.74) is 11.3. The molecule has 5 N–H and O–H groups in total. The Labute approximate surface area is 112 Å². The van der Waals surface area contributed by atoms with Crippen molar-refractivity contribution in [1.29, 1.82) is 0 Å². The number of furan rings is 1. The topological polar surface area (TPSA) is 107 Å². The summed E-state index contributed by atoms with van der Waals surface area (Å²) in [7, 11) is 0. The van der Waals surface area contributed by atoms with E-state index in [0.29, 0.717) is 29.9 Å². The molecule has 1 aliphatic rings. The first kappa shape index (κ1) is 13.5. The SMILES string of the molecule is NC(=O)c1coc(CN=C(N)NC2CCCCC2)c1. The van der Waals surface area contributed by atoms with Crippen LogP contribution in [0.5, 0.6) is 0 Å². The minimum atomic E-state index is -0.507. The van der Waals surface area contributed by atoms with E-state index in [1.54, 1.807) is 6.07 Å². The number of nitrogens with one attached hydrogen (secondary N) is 1. The predicted molar refractivity (Wildman–Crippen MR) is 72.6 cm³/mol. The van der Waals surface area contributed by atoms with E-state index >= 15 is 0 Å². The van der Waals surface area contributed by atoms with Crippen LogP contribution in [-0.2, 0) is 6.54 Å². The quantitative estimate of drug-likeness (QED) is 0.559. The molecule has 0 radical (unpaired) electrons. The third-order valence-corrected chi connectivity index (χ3v) is 3.30. The van der Waals surface area contributed by atoms with Crippen molar-refractivity contribution in [2.45, 2.75) is 44.7 Å². The second kappa shape index (κ2) is 6.26. The van der Waals surface area contributed by atoms with Gasteiger partial charge in [0.2, 0.25) is 0 Å². The molecular formula is C13H20N4O2. The molecule has 104 valence electrons. The molecule has 1 aromatic rings. The zero-order valence-corrected chi connectivity index (χ0v) is 10.9. The van der Waals surface area contributed by atoms with Gasteiger partial charge in [0, 0.05) is 6.04 Å². The maximum Gasteiger partial charge on any atom is 0.251 e. The molecule has 1 amide bonds. The third kappa shape index (κ3) is 4.01. The molecule has 6 nitrogen and oxygen atoms in total. The minimum absolute atomic E-state index is 0.304. The van der Waals surface area contributed by atoms with Crippen LogP contribution in [-0.4, -0.2) is 17.9 Å². The lowest BCUT2D eigenvalue weighted by atomic mass is 9.96. The number of primary amides is 1. The predicted octanol–water partition coefficient (Wildman–Crippen LogP) is 1.12. The maximum absolute atomic E-state index is 10.9. The van der Waals surface area contributed by atoms with Crippen LogP contribution in [0.2, 0.25) is 0 Å². The summed E-state index contributed by atoms with van der Waals surface area (Å²) in [6.07, 6.45) is 7.40. The van der Waals surface area contributed by atoms with Gasteiger partial charge in [0.1, 0.15) is 18.6 Å². The Morgan fingerprint density at radius 1 is 1.37 bits per heavy atom. The number of nitrogens with zero attached hydrogens (tertiary/aromatic N) is 1. The first-order chi connectivity index (χ1) is 9.15. The molecule has 0 bridgehead atoms. The molecule has 19 heavy (non-hydrogen) atoms. The Morgan fingerprint density at radius 2 is 2.11 bits per heavy atom. The molecule has 0 spiro atoms. The number of rotatable bonds is 4. The van der Waals surface area contributed by atoms with Crippen LogP contribution in [0.1, 0.15) is 48.2 Å². The largest absolute Gasteiger partial charge is 0.467 e. The fourth-order valence-electron chi connectivity index (χ4n) is 2.26. The first-order valence-electron chi connectivity index (χ1n) is 6.59. The molecule has 0 aliphatic heterocycles. The average molecular weight is 264 g/mol. The number of carbonyl (C=O) groups is 1. The van der Waals surface area contributed by atoms with Crippen molar-refractivity contribution in [3.8, 4) is 0 Å². The number of carbonyl (C=O) groups excluding carboxylic acids is 1. The van der Waals surface area contributed by atoms with Gasteiger partial charge in [-0.15, -0.1) is 0 Å². The molecule has 1 fully saturated rings. The summed E-state index contributed by atoms with van der Waals surface area (Å²) in [5.74, 6) is 0.485. The van der Waals surface area contributed by atoms with Crippen LogP contribution < -0.4 is 16.8 Å². The van der Waals surface area contributed by atoms with Crippen LogP contribution in [0.25, 0.3) is 0 Å². The van der Waals surface area contributed by atoms with Gasteiger partial charge in [0.15, 0.2) is 5.96 Å². The number of nitrogens with two attached hydrogens (primary N) is 2. The Morgan fingerprint density at radius 3 is 2.74 bits per heavy atom. The first-order valence-corrected chi connectivity index (χ1v) is 6.59. The van der Waals surface area contributed by atoms with Gasteiger partial charge in [-0.3, -0.25) is 4.79 Å². The van der Waals surface area contributed by atoms with Gasteiger partial charge in [-0.05, 0) is 18.9 Å². The monoisotopic (exact) mass is 264 g/mol. The standard InChI is InChI=1S/C13H20N4O2/c14-12(18)9-6-11(19-8-9)7-16-13(15)17-10-4-2-1-3-5-10/h6,8,10H,1-5,7H2,(H2,14,18)(H3,15,16,17). The van der Waals surface area contributed by atoms with E-state index in [2.05, 4.69) is 10.3 Å². The van der Waals surface area contributed by atoms with Crippen molar-refractivity contribution in [3.63, 3.8) is 0 Å². The van der Waals surface area contributed by atoms with E-state index in [1.165, 1.54) is 25.5 Å². The fraction of sp³-hybridized carbons (Fsp3) is 0.538. The molecule has 1 aliphatic carbocycles. The van der Waals surface area contributed by atoms with E-state index in [1.807, 2.05) is 0 Å². The summed E-state index contributed by atoms with van der Waals surface area (Å²) < 4.78 is 5.18. The van der Waals surface area contributed by atoms with Crippen molar-refractivity contribution >= 4 is 11.9 Å². The lowest BCUT2D eigenvalue weighted by molar-refractivity contribution is 0.0999. The third-order valence-electron chi connectivity index (χ3n) is 3.30. The van der Waals surface area contributed by atoms with Crippen LogP contribution in [0.15, 0.2) is 21.7 Å². The molecule has 2 rings (SSSR count). The lowest BCUT2D eigenvalue weighted by Gasteiger charge is -2.23. The Balaban J connectivity index is 1.84. The number of hydrogen-bond donors (Lipinski definition) is 3. The van der Waals surface area contributed by atoms with Gasteiger partial charge < -0.3 is 21.2 Å². The molecule has 6 heteroatoms. The van der Waals surface area contributed by atoms with Crippen molar-refractivity contribution < 1.29 is 9.21 Å². The van der Waals surface area contributed by atoms with Crippen molar-refractivity contribution in [2.24, 2.45) is 16.5 Å². The fourth-order valence-corrected chi connectivity index (χ4v) is 2.26. The normalized spacial score (nSPS) is 17.4.